The van der Waals surface area contributed by atoms with Crippen LogP contribution in [0, 0.1) is 0 Å². The Kier molecular flexibility index (Phi) is 6.40. The average Bonchev–Trinajstić information content (AvgIpc) is 2.60. The van der Waals surface area contributed by atoms with Crippen molar-refractivity contribution in [3.8, 4) is 17.2 Å². The highest BCUT2D eigenvalue weighted by molar-refractivity contribution is 7.92. The summed E-state index contributed by atoms with van der Waals surface area (Å²) in [5, 5.41) is 2.42. The van der Waals surface area contributed by atoms with Gasteiger partial charge in [-0.05, 0) is 18.2 Å². The fourth-order valence-corrected chi connectivity index (χ4v) is 2.79. The van der Waals surface area contributed by atoms with Crippen molar-refractivity contribution in [3.63, 3.8) is 0 Å². The number of methoxy groups -OCH3 is 1. The predicted molar refractivity (Wildman–Crippen MR) is 101 cm³/mol. The molecule has 0 aliphatic carbocycles. The summed E-state index contributed by atoms with van der Waals surface area (Å²) in [4.78, 5) is 23.5. The van der Waals surface area contributed by atoms with Crippen LogP contribution >= 0.6 is 0 Å². The summed E-state index contributed by atoms with van der Waals surface area (Å²) >= 11 is 0. The number of sulfonamides is 1. The molecule has 0 aliphatic heterocycles. The molecule has 0 saturated heterocycles. The minimum Gasteiger partial charge on any atom is -0.496 e. The maximum Gasteiger partial charge on any atom is 0.229 e. The second-order valence-corrected chi connectivity index (χ2v) is 7.42. The van der Waals surface area contributed by atoms with E-state index in [1.54, 1.807) is 30.3 Å². The summed E-state index contributed by atoms with van der Waals surface area (Å²) in [6.07, 6.45) is 1.00. The van der Waals surface area contributed by atoms with Gasteiger partial charge in [-0.3, -0.25) is 14.3 Å². The molecule has 0 heterocycles. The minimum atomic E-state index is -3.60. The molecule has 1 amide bonds. The molecular formula is C18H20N2O6S. The fourth-order valence-electron chi connectivity index (χ4n) is 2.23. The number of hydrogen-bond acceptors (Lipinski definition) is 6. The molecule has 2 rings (SSSR count). The summed E-state index contributed by atoms with van der Waals surface area (Å²) < 4.78 is 36.7. The molecule has 0 bridgehead atoms. The van der Waals surface area contributed by atoms with Crippen LogP contribution in [-0.2, 0) is 14.8 Å². The number of hydrogen-bond donors (Lipinski definition) is 2. The number of nitrogens with one attached hydrogen (secondary N) is 2. The molecule has 27 heavy (non-hydrogen) atoms. The third-order valence-corrected chi connectivity index (χ3v) is 3.96. The second-order valence-electron chi connectivity index (χ2n) is 5.67. The molecule has 0 saturated carbocycles. The first-order chi connectivity index (χ1) is 12.7. The highest BCUT2D eigenvalue weighted by Gasteiger charge is 2.20. The van der Waals surface area contributed by atoms with E-state index in [0.29, 0.717) is 5.75 Å². The first-order valence-electron chi connectivity index (χ1n) is 7.90. The van der Waals surface area contributed by atoms with Gasteiger partial charge in [0.15, 0.2) is 11.5 Å². The summed E-state index contributed by atoms with van der Waals surface area (Å²) in [5.41, 5.74) is 0.269. The molecule has 2 N–H and O–H groups in total. The highest BCUT2D eigenvalue weighted by atomic mass is 32.2. The number of carbonyl (C=O) groups excluding carboxylic acids is 2. The Morgan fingerprint density at radius 3 is 2.30 bits per heavy atom. The summed E-state index contributed by atoms with van der Waals surface area (Å²) in [5.74, 6) is -0.0284. The zero-order valence-electron chi connectivity index (χ0n) is 15.1. The van der Waals surface area contributed by atoms with E-state index in [4.69, 9.17) is 9.47 Å². The number of ether oxygens (including phenoxy) is 2. The third kappa shape index (κ3) is 6.00. The van der Waals surface area contributed by atoms with Crippen LogP contribution in [0.2, 0.25) is 0 Å². The van der Waals surface area contributed by atoms with Crippen molar-refractivity contribution in [1.82, 2.24) is 5.32 Å². The number of rotatable bonds is 8. The van der Waals surface area contributed by atoms with Crippen molar-refractivity contribution in [1.29, 1.82) is 0 Å². The summed E-state index contributed by atoms with van der Waals surface area (Å²) in [7, 11) is -2.25. The first-order valence-corrected chi connectivity index (χ1v) is 9.79. The summed E-state index contributed by atoms with van der Waals surface area (Å²) in [6.45, 7) is 1.07. The molecule has 8 nitrogen and oxygen atoms in total. The predicted octanol–water partition coefficient (Wildman–Crippen LogP) is 2.18. The van der Waals surface area contributed by atoms with Gasteiger partial charge in [-0.2, -0.15) is 0 Å². The Morgan fingerprint density at radius 1 is 1.07 bits per heavy atom. The van der Waals surface area contributed by atoms with Gasteiger partial charge >= 0.3 is 0 Å². The Hall–Kier alpha value is -3.07. The molecule has 0 spiro atoms. The molecule has 0 atom stereocenters. The number of amides is 1. The number of anilines is 1. The molecule has 9 heteroatoms. The van der Waals surface area contributed by atoms with Crippen LogP contribution in [-0.4, -0.2) is 40.0 Å². The van der Waals surface area contributed by atoms with Crippen LogP contribution in [0.15, 0.2) is 42.5 Å². The van der Waals surface area contributed by atoms with Gasteiger partial charge in [0.2, 0.25) is 15.9 Å². The normalized spacial score (nSPS) is 10.8. The minimum absolute atomic E-state index is 0.120. The SMILES string of the molecule is COc1cc(NS(C)(=O)=O)c(Oc2ccccc2)cc1C(=O)CNC(C)=O. The molecule has 2 aromatic rings. The summed E-state index contributed by atoms with van der Waals surface area (Å²) in [6, 6.07) is 11.4. The topological polar surface area (TPSA) is 111 Å². The Bertz CT molecular complexity index is 942. The van der Waals surface area contributed by atoms with Gasteiger partial charge in [-0.1, -0.05) is 18.2 Å². The van der Waals surface area contributed by atoms with E-state index in [2.05, 4.69) is 10.0 Å². The van der Waals surface area contributed by atoms with Gasteiger partial charge < -0.3 is 14.8 Å². The zero-order valence-corrected chi connectivity index (χ0v) is 15.9. The Labute approximate surface area is 157 Å². The lowest BCUT2D eigenvalue weighted by Crippen LogP contribution is -2.27. The van der Waals surface area contributed by atoms with Gasteiger partial charge in [0.05, 0.1) is 31.2 Å². The quantitative estimate of drug-likeness (QED) is 0.666. The number of para-hydroxylation sites is 1. The largest absolute Gasteiger partial charge is 0.496 e. The van der Waals surface area contributed by atoms with Gasteiger partial charge in [-0.25, -0.2) is 8.42 Å². The van der Waals surface area contributed by atoms with Gasteiger partial charge in [-0.15, -0.1) is 0 Å². The molecule has 0 radical (unpaired) electrons. The lowest BCUT2D eigenvalue weighted by molar-refractivity contribution is -0.118. The van der Waals surface area contributed by atoms with Gasteiger partial charge in [0.1, 0.15) is 11.5 Å². The Balaban J connectivity index is 2.49. The third-order valence-electron chi connectivity index (χ3n) is 3.37. The van der Waals surface area contributed by atoms with E-state index < -0.39 is 15.8 Å². The van der Waals surface area contributed by atoms with Gasteiger partial charge in [0.25, 0.3) is 0 Å². The number of carbonyl (C=O) groups is 2. The van der Waals surface area contributed by atoms with Crippen LogP contribution < -0.4 is 19.5 Å². The van der Waals surface area contributed by atoms with Crippen LogP contribution in [0.25, 0.3) is 0 Å². The second kappa shape index (κ2) is 8.54. The van der Waals surface area contributed by atoms with Crippen molar-refractivity contribution in [3.05, 3.63) is 48.0 Å². The molecule has 144 valence electrons. The highest BCUT2D eigenvalue weighted by Crippen LogP contribution is 2.36. The molecule has 0 aromatic heterocycles. The van der Waals surface area contributed by atoms with Crippen LogP contribution in [0.5, 0.6) is 17.2 Å². The van der Waals surface area contributed by atoms with E-state index in [1.807, 2.05) is 0 Å². The van der Waals surface area contributed by atoms with Gasteiger partial charge in [0, 0.05) is 13.0 Å². The van der Waals surface area contributed by atoms with E-state index in [1.165, 1.54) is 26.2 Å². The van der Waals surface area contributed by atoms with Crippen molar-refractivity contribution >= 4 is 27.4 Å². The lowest BCUT2D eigenvalue weighted by Gasteiger charge is -2.16. The Morgan fingerprint density at radius 2 is 1.74 bits per heavy atom. The molecule has 0 aliphatic rings. The number of benzene rings is 2. The molecular weight excluding hydrogens is 372 g/mol. The zero-order chi connectivity index (χ0) is 20.0. The monoisotopic (exact) mass is 392 g/mol. The smallest absolute Gasteiger partial charge is 0.229 e. The van der Waals surface area contributed by atoms with Crippen molar-refractivity contribution in [2.45, 2.75) is 6.92 Å². The maximum atomic E-state index is 12.4. The van der Waals surface area contributed by atoms with Crippen LogP contribution in [0.4, 0.5) is 5.69 Å². The maximum absolute atomic E-state index is 12.4. The number of ketones is 1. The molecule has 2 aromatic carbocycles. The van der Waals surface area contributed by atoms with E-state index in [9.17, 15) is 18.0 Å². The number of Topliss-reactive ketones (excluding diaryl/α,β-unsaturated/α-hetero) is 1. The van der Waals surface area contributed by atoms with Crippen LogP contribution in [0.3, 0.4) is 0 Å². The first kappa shape index (κ1) is 20.2. The molecule has 0 unspecified atom stereocenters. The fraction of sp³-hybridized carbons (Fsp3) is 0.222. The molecule has 0 fully saturated rings. The van der Waals surface area contributed by atoms with E-state index in [0.717, 1.165) is 6.26 Å². The van der Waals surface area contributed by atoms with Crippen LogP contribution in [0.1, 0.15) is 17.3 Å². The average molecular weight is 392 g/mol. The van der Waals surface area contributed by atoms with E-state index >= 15 is 0 Å². The lowest BCUT2D eigenvalue weighted by atomic mass is 10.1. The van der Waals surface area contributed by atoms with Crippen molar-refractivity contribution in [2.75, 3.05) is 24.6 Å². The van der Waals surface area contributed by atoms with Crippen molar-refractivity contribution < 1.29 is 27.5 Å². The van der Waals surface area contributed by atoms with Crippen molar-refractivity contribution in [2.24, 2.45) is 0 Å². The van der Waals surface area contributed by atoms with E-state index in [-0.39, 0.29) is 35.2 Å². The standard InChI is InChI=1S/C18H20N2O6S/c1-12(21)19-11-16(22)14-9-18(26-13-7-5-4-6-8-13)15(10-17(14)25-2)20-27(3,23)24/h4-10,20H,11H2,1-3H3,(H,19,21).